The Hall–Kier alpha value is -2.94. The molecular formula is C24H24O3. The predicted molar refractivity (Wildman–Crippen MR) is 107 cm³/mol. The van der Waals surface area contributed by atoms with Crippen LogP contribution in [0.25, 0.3) is 0 Å². The van der Waals surface area contributed by atoms with Crippen LogP contribution < -0.4 is 0 Å². The van der Waals surface area contributed by atoms with Gasteiger partial charge in [0.1, 0.15) is 17.2 Å². The van der Waals surface area contributed by atoms with Gasteiger partial charge in [-0.25, -0.2) is 0 Å². The smallest absolute Gasteiger partial charge is 0.122 e. The van der Waals surface area contributed by atoms with Crippen molar-refractivity contribution in [2.45, 2.75) is 40.0 Å². The molecule has 4 rings (SSSR count). The normalized spacial score (nSPS) is 13.0. The van der Waals surface area contributed by atoms with Gasteiger partial charge in [0.15, 0.2) is 0 Å². The van der Waals surface area contributed by atoms with Gasteiger partial charge in [-0.1, -0.05) is 42.0 Å². The monoisotopic (exact) mass is 360 g/mol. The molecule has 0 saturated heterocycles. The molecular weight excluding hydrogens is 336 g/mol. The predicted octanol–water partition coefficient (Wildman–Crippen LogP) is 4.81. The van der Waals surface area contributed by atoms with Gasteiger partial charge in [0, 0.05) is 19.3 Å². The van der Waals surface area contributed by atoms with Crippen LogP contribution in [0.1, 0.15) is 50.1 Å². The van der Waals surface area contributed by atoms with Crippen LogP contribution in [0.5, 0.6) is 17.2 Å². The van der Waals surface area contributed by atoms with E-state index in [2.05, 4.69) is 0 Å². The average Bonchev–Trinajstić information content (AvgIpc) is 2.60. The molecule has 0 spiro atoms. The maximum Gasteiger partial charge on any atom is 0.122 e. The van der Waals surface area contributed by atoms with Crippen molar-refractivity contribution < 1.29 is 15.3 Å². The van der Waals surface area contributed by atoms with Crippen molar-refractivity contribution in [2.24, 2.45) is 0 Å². The number of rotatable bonds is 0. The van der Waals surface area contributed by atoms with Crippen molar-refractivity contribution in [3.05, 3.63) is 86.5 Å². The van der Waals surface area contributed by atoms with E-state index in [4.69, 9.17) is 0 Å². The Bertz CT molecular complexity index is 983. The lowest BCUT2D eigenvalue weighted by atomic mass is 9.89. The molecule has 0 radical (unpaired) electrons. The van der Waals surface area contributed by atoms with Crippen LogP contribution in [-0.4, -0.2) is 15.3 Å². The van der Waals surface area contributed by atoms with Crippen molar-refractivity contribution in [3.8, 4) is 17.2 Å². The molecule has 3 aromatic carbocycles. The molecule has 6 bridgehead atoms. The Morgan fingerprint density at radius 1 is 0.519 bits per heavy atom. The fourth-order valence-electron chi connectivity index (χ4n) is 4.19. The fourth-order valence-corrected chi connectivity index (χ4v) is 4.19. The molecule has 3 nitrogen and oxygen atoms in total. The summed E-state index contributed by atoms with van der Waals surface area (Å²) >= 11 is 0. The van der Waals surface area contributed by atoms with Crippen LogP contribution in [0.4, 0.5) is 0 Å². The van der Waals surface area contributed by atoms with Crippen molar-refractivity contribution in [1.82, 2.24) is 0 Å². The molecule has 0 unspecified atom stereocenters. The first-order chi connectivity index (χ1) is 12.8. The summed E-state index contributed by atoms with van der Waals surface area (Å²) in [5, 5.41) is 32.0. The Balaban J connectivity index is 2.02. The largest absolute Gasteiger partial charge is 0.507 e. The Labute approximate surface area is 159 Å². The molecule has 3 N–H and O–H groups in total. The lowest BCUT2D eigenvalue weighted by molar-refractivity contribution is 0.457. The maximum atomic E-state index is 10.9. The molecule has 0 amide bonds. The van der Waals surface area contributed by atoms with Gasteiger partial charge in [-0.15, -0.1) is 0 Å². The van der Waals surface area contributed by atoms with Crippen LogP contribution in [0.2, 0.25) is 0 Å². The van der Waals surface area contributed by atoms with E-state index in [0.29, 0.717) is 25.0 Å². The van der Waals surface area contributed by atoms with Crippen LogP contribution >= 0.6 is 0 Å². The number of fused-ring (bicyclic) bond motifs is 6. The molecule has 3 aromatic rings. The number of aromatic hydroxyl groups is 3. The Kier molecular flexibility index (Phi) is 4.11. The van der Waals surface area contributed by atoms with E-state index >= 15 is 0 Å². The van der Waals surface area contributed by atoms with Crippen molar-refractivity contribution in [1.29, 1.82) is 0 Å². The second kappa shape index (κ2) is 6.34. The highest BCUT2D eigenvalue weighted by atomic mass is 16.3. The highest BCUT2D eigenvalue weighted by Gasteiger charge is 2.17. The molecule has 0 saturated carbocycles. The zero-order chi connectivity index (χ0) is 19.3. The molecule has 1 aliphatic rings. The summed E-state index contributed by atoms with van der Waals surface area (Å²) in [6, 6.07) is 11.9. The zero-order valence-electron chi connectivity index (χ0n) is 15.9. The number of hydrogen-bond donors (Lipinski definition) is 3. The lowest BCUT2D eigenvalue weighted by Gasteiger charge is -2.18. The van der Waals surface area contributed by atoms with Crippen LogP contribution in [0.15, 0.2) is 36.4 Å². The number of hydrogen-bond acceptors (Lipinski definition) is 3. The number of benzene rings is 3. The van der Waals surface area contributed by atoms with Crippen molar-refractivity contribution >= 4 is 0 Å². The molecule has 138 valence electrons. The molecule has 0 fully saturated rings. The molecule has 0 aromatic heterocycles. The average molecular weight is 360 g/mol. The van der Waals surface area contributed by atoms with Crippen LogP contribution in [-0.2, 0) is 19.3 Å². The minimum Gasteiger partial charge on any atom is -0.507 e. The summed E-state index contributed by atoms with van der Waals surface area (Å²) in [7, 11) is 0. The third-order valence-electron chi connectivity index (χ3n) is 5.46. The third-order valence-corrected chi connectivity index (χ3v) is 5.46. The van der Waals surface area contributed by atoms with E-state index in [1.807, 2.05) is 57.2 Å². The highest BCUT2D eigenvalue weighted by molar-refractivity contribution is 5.54. The number of aryl methyl sites for hydroxylation is 3. The van der Waals surface area contributed by atoms with Gasteiger partial charge >= 0.3 is 0 Å². The maximum absolute atomic E-state index is 10.9. The van der Waals surface area contributed by atoms with Gasteiger partial charge in [0.05, 0.1) is 0 Å². The molecule has 0 atom stereocenters. The quantitative estimate of drug-likeness (QED) is 0.421. The van der Waals surface area contributed by atoms with E-state index in [1.54, 1.807) is 0 Å². The SMILES string of the molecule is Cc1cc2c(O)c(c1)Cc1cc(C)c(O)c(c1)Cc1cc(cc(C)c1O)C2. The summed E-state index contributed by atoms with van der Waals surface area (Å²) in [6.45, 7) is 5.81. The van der Waals surface area contributed by atoms with E-state index in [1.165, 1.54) is 0 Å². The second-order valence-corrected chi connectivity index (χ2v) is 7.80. The summed E-state index contributed by atoms with van der Waals surface area (Å²) < 4.78 is 0. The lowest BCUT2D eigenvalue weighted by Crippen LogP contribution is -2.02. The van der Waals surface area contributed by atoms with E-state index in [0.717, 1.165) is 50.1 Å². The fraction of sp³-hybridized carbons (Fsp3) is 0.250. The van der Waals surface area contributed by atoms with Gasteiger partial charge in [0.25, 0.3) is 0 Å². The number of phenols is 3. The summed E-state index contributed by atoms with van der Waals surface area (Å²) in [4.78, 5) is 0. The third kappa shape index (κ3) is 3.14. The molecule has 0 aliphatic heterocycles. The van der Waals surface area contributed by atoms with E-state index in [9.17, 15) is 15.3 Å². The first-order valence-electron chi connectivity index (χ1n) is 9.26. The van der Waals surface area contributed by atoms with Crippen molar-refractivity contribution in [2.75, 3.05) is 0 Å². The van der Waals surface area contributed by atoms with Gasteiger partial charge in [-0.2, -0.15) is 0 Å². The van der Waals surface area contributed by atoms with Gasteiger partial charge in [0.2, 0.25) is 0 Å². The first kappa shape index (κ1) is 17.5. The first-order valence-corrected chi connectivity index (χ1v) is 9.26. The Morgan fingerprint density at radius 2 is 0.926 bits per heavy atom. The molecule has 0 heterocycles. The summed E-state index contributed by atoms with van der Waals surface area (Å²) in [6.07, 6.45) is 1.68. The van der Waals surface area contributed by atoms with E-state index < -0.39 is 0 Å². The summed E-state index contributed by atoms with van der Waals surface area (Å²) in [5.74, 6) is 0.876. The molecule has 1 aliphatic carbocycles. The Morgan fingerprint density at radius 3 is 1.37 bits per heavy atom. The highest BCUT2D eigenvalue weighted by Crippen LogP contribution is 2.36. The summed E-state index contributed by atoms with van der Waals surface area (Å²) in [5.41, 5.74) is 8.20. The minimum atomic E-state index is 0.271. The molecule has 3 heteroatoms. The molecule has 27 heavy (non-hydrogen) atoms. The van der Waals surface area contributed by atoms with Gasteiger partial charge in [-0.3, -0.25) is 0 Å². The van der Waals surface area contributed by atoms with Crippen LogP contribution in [0.3, 0.4) is 0 Å². The minimum absolute atomic E-state index is 0.271. The van der Waals surface area contributed by atoms with E-state index in [-0.39, 0.29) is 11.5 Å². The standard InChI is InChI=1S/C24H24O3/c1-13-4-18-8-16-6-14(2)22(25)20(10-16)12-21-11-17(7-15(3)23(21)26)9-19(5-13)24(18)27/h4-7,10-11,25-27H,8-9,12H2,1-3H3. The second-order valence-electron chi connectivity index (χ2n) is 7.80. The number of phenolic OH excluding ortho intramolecular Hbond substituents is 3. The van der Waals surface area contributed by atoms with Gasteiger partial charge in [-0.05, 0) is 65.3 Å². The zero-order valence-corrected chi connectivity index (χ0v) is 15.9. The van der Waals surface area contributed by atoms with Gasteiger partial charge < -0.3 is 15.3 Å². The topological polar surface area (TPSA) is 60.7 Å². The van der Waals surface area contributed by atoms with Crippen molar-refractivity contribution in [3.63, 3.8) is 0 Å². The van der Waals surface area contributed by atoms with Crippen LogP contribution in [0, 0.1) is 20.8 Å².